The molecular weight excluding hydrogens is 466 g/mol. The lowest BCUT2D eigenvalue weighted by molar-refractivity contribution is -0.135. The number of carboxylic acid groups (broad SMARTS) is 1. The molecule has 1 aliphatic rings. The summed E-state index contributed by atoms with van der Waals surface area (Å²) < 4.78 is 18.5. The van der Waals surface area contributed by atoms with Crippen molar-refractivity contribution >= 4 is 34.8 Å². The second kappa shape index (κ2) is 10.5. The first-order valence-corrected chi connectivity index (χ1v) is 11.3. The fourth-order valence-corrected chi connectivity index (χ4v) is 3.95. The summed E-state index contributed by atoms with van der Waals surface area (Å²) in [5.41, 5.74) is 2.17. The molecule has 10 nitrogen and oxygen atoms in total. The van der Waals surface area contributed by atoms with Crippen LogP contribution in [0.3, 0.4) is 0 Å². The lowest BCUT2D eigenvalue weighted by atomic mass is 10.1. The number of rotatable bonds is 9. The number of benzene rings is 2. The van der Waals surface area contributed by atoms with Gasteiger partial charge < -0.3 is 34.1 Å². The number of aliphatic carboxylic acids is 1. The summed E-state index contributed by atoms with van der Waals surface area (Å²) in [4.78, 5) is 37.5. The van der Waals surface area contributed by atoms with E-state index in [1.807, 2.05) is 38.5 Å². The molecule has 0 saturated heterocycles. The molecule has 0 spiro atoms. The van der Waals surface area contributed by atoms with Crippen LogP contribution in [0.15, 0.2) is 48.4 Å². The molecule has 2 heterocycles. The van der Waals surface area contributed by atoms with Gasteiger partial charge in [-0.1, -0.05) is 0 Å². The predicted octanol–water partition coefficient (Wildman–Crippen LogP) is 3.39. The van der Waals surface area contributed by atoms with Gasteiger partial charge in [-0.3, -0.25) is 9.59 Å². The zero-order valence-electron chi connectivity index (χ0n) is 20.2. The third kappa shape index (κ3) is 5.49. The number of nitrogens with zero attached hydrogens (tertiary/aromatic N) is 2. The van der Waals surface area contributed by atoms with Gasteiger partial charge in [-0.25, -0.2) is 4.79 Å². The zero-order chi connectivity index (χ0) is 25.8. The van der Waals surface area contributed by atoms with Gasteiger partial charge in [0.25, 0.3) is 0 Å². The van der Waals surface area contributed by atoms with Crippen molar-refractivity contribution in [2.75, 3.05) is 34.3 Å². The SMILES string of the molecule is COc1ccc2c(c1)c(C=C1Oc3cc(OC(=O)NCC(=O)O)ccc3C1=O)cn2CCCN(C)C. The summed E-state index contributed by atoms with van der Waals surface area (Å²) in [6.45, 7) is 1.19. The number of ether oxygens (including phenoxy) is 3. The van der Waals surface area contributed by atoms with Crippen molar-refractivity contribution in [1.82, 2.24) is 14.8 Å². The Labute approximate surface area is 207 Å². The number of hydrogen-bond donors (Lipinski definition) is 2. The molecule has 3 aromatic rings. The Balaban J connectivity index is 1.59. The number of carbonyl (C=O) groups is 3. The molecule has 36 heavy (non-hydrogen) atoms. The minimum Gasteiger partial charge on any atom is -0.497 e. The lowest BCUT2D eigenvalue weighted by Gasteiger charge is -2.10. The van der Waals surface area contributed by atoms with E-state index in [0.717, 1.165) is 36.0 Å². The molecule has 0 unspecified atom stereocenters. The molecule has 1 aromatic heterocycles. The number of nitrogens with one attached hydrogen (secondary N) is 1. The third-order valence-electron chi connectivity index (χ3n) is 5.65. The van der Waals surface area contributed by atoms with E-state index in [4.69, 9.17) is 19.3 Å². The summed E-state index contributed by atoms with van der Waals surface area (Å²) >= 11 is 0. The van der Waals surface area contributed by atoms with Gasteiger partial charge >= 0.3 is 12.1 Å². The smallest absolute Gasteiger partial charge is 0.413 e. The van der Waals surface area contributed by atoms with Gasteiger partial charge in [-0.15, -0.1) is 0 Å². The number of Topliss-reactive ketones (excluding diaryl/α,β-unsaturated/α-hetero) is 1. The molecule has 0 saturated carbocycles. The number of fused-ring (bicyclic) bond motifs is 2. The number of hydrogen-bond acceptors (Lipinski definition) is 7. The van der Waals surface area contributed by atoms with Gasteiger partial charge in [0, 0.05) is 35.3 Å². The van der Waals surface area contributed by atoms with E-state index in [9.17, 15) is 14.4 Å². The van der Waals surface area contributed by atoms with E-state index < -0.39 is 18.6 Å². The quantitative estimate of drug-likeness (QED) is 0.436. The standard InChI is InChI=1S/C26H27N3O7/c1-28(2)9-4-10-29-15-16(20-12-17(34-3)6-8-21(20)29)11-23-25(32)19-7-5-18(13-22(19)36-23)35-26(33)27-14-24(30)31/h5-8,11-13,15H,4,9-10,14H2,1-3H3,(H,27,33)(H,30,31). The Morgan fingerprint density at radius 1 is 1.17 bits per heavy atom. The van der Waals surface area contributed by atoms with Gasteiger partial charge in [-0.05, 0) is 63.5 Å². The first kappa shape index (κ1) is 24.8. The van der Waals surface area contributed by atoms with Crippen molar-refractivity contribution in [3.63, 3.8) is 0 Å². The number of amides is 1. The van der Waals surface area contributed by atoms with Crippen LogP contribution in [0.25, 0.3) is 17.0 Å². The summed E-state index contributed by atoms with van der Waals surface area (Å²) in [6.07, 6.45) is 3.73. The number of aryl methyl sites for hydroxylation is 1. The fraction of sp³-hybridized carbons (Fsp3) is 0.269. The molecule has 2 aromatic carbocycles. The minimum absolute atomic E-state index is 0.118. The minimum atomic E-state index is -1.19. The normalized spacial score (nSPS) is 13.7. The van der Waals surface area contributed by atoms with Crippen LogP contribution in [-0.2, 0) is 11.3 Å². The topological polar surface area (TPSA) is 119 Å². The molecule has 188 valence electrons. The van der Waals surface area contributed by atoms with E-state index in [0.29, 0.717) is 11.3 Å². The average Bonchev–Trinajstić information content (AvgIpc) is 3.34. The second-order valence-corrected chi connectivity index (χ2v) is 8.55. The molecule has 0 fully saturated rings. The molecule has 1 aliphatic heterocycles. The van der Waals surface area contributed by atoms with Gasteiger partial charge in [0.2, 0.25) is 5.78 Å². The van der Waals surface area contributed by atoms with Crippen LogP contribution in [-0.4, -0.2) is 66.7 Å². The van der Waals surface area contributed by atoms with Crippen molar-refractivity contribution in [3.8, 4) is 17.2 Å². The maximum atomic E-state index is 13.0. The monoisotopic (exact) mass is 493 g/mol. The highest BCUT2D eigenvalue weighted by atomic mass is 16.6. The highest BCUT2D eigenvalue weighted by Gasteiger charge is 2.28. The second-order valence-electron chi connectivity index (χ2n) is 8.55. The summed E-state index contributed by atoms with van der Waals surface area (Å²) in [6, 6.07) is 10.2. The van der Waals surface area contributed by atoms with Crippen LogP contribution >= 0.6 is 0 Å². The molecule has 10 heteroatoms. The van der Waals surface area contributed by atoms with Crippen molar-refractivity contribution in [2.45, 2.75) is 13.0 Å². The Hall–Kier alpha value is -4.31. The average molecular weight is 494 g/mol. The molecule has 0 bridgehead atoms. The number of aromatic nitrogens is 1. The van der Waals surface area contributed by atoms with Crippen LogP contribution in [0.1, 0.15) is 22.3 Å². The Kier molecular flexibility index (Phi) is 7.25. The van der Waals surface area contributed by atoms with Gasteiger partial charge in [0.15, 0.2) is 5.76 Å². The number of allylic oxidation sites excluding steroid dienone is 1. The van der Waals surface area contributed by atoms with E-state index in [-0.39, 0.29) is 23.0 Å². The van der Waals surface area contributed by atoms with Crippen LogP contribution in [0, 0.1) is 0 Å². The largest absolute Gasteiger partial charge is 0.497 e. The zero-order valence-corrected chi connectivity index (χ0v) is 20.2. The van der Waals surface area contributed by atoms with Crippen molar-refractivity contribution in [3.05, 3.63) is 59.5 Å². The Morgan fingerprint density at radius 3 is 2.67 bits per heavy atom. The Bertz CT molecular complexity index is 1360. The first-order valence-electron chi connectivity index (χ1n) is 11.3. The van der Waals surface area contributed by atoms with E-state index >= 15 is 0 Å². The Morgan fingerprint density at radius 2 is 1.94 bits per heavy atom. The van der Waals surface area contributed by atoms with Gasteiger partial charge in [0.1, 0.15) is 23.8 Å². The maximum absolute atomic E-state index is 13.0. The lowest BCUT2D eigenvalue weighted by Crippen LogP contribution is -2.31. The summed E-state index contributed by atoms with van der Waals surface area (Å²) in [7, 11) is 5.68. The molecule has 2 N–H and O–H groups in total. The highest BCUT2D eigenvalue weighted by Crippen LogP contribution is 2.36. The first-order chi connectivity index (χ1) is 17.2. The highest BCUT2D eigenvalue weighted by molar-refractivity contribution is 6.15. The number of ketones is 1. The van der Waals surface area contributed by atoms with Crippen molar-refractivity contribution < 1.29 is 33.7 Å². The fourth-order valence-electron chi connectivity index (χ4n) is 3.95. The molecule has 1 amide bonds. The van der Waals surface area contributed by atoms with E-state index in [1.165, 1.54) is 18.2 Å². The van der Waals surface area contributed by atoms with Crippen LogP contribution < -0.4 is 19.5 Å². The van der Waals surface area contributed by atoms with Crippen LogP contribution in [0.5, 0.6) is 17.2 Å². The van der Waals surface area contributed by atoms with Crippen LogP contribution in [0.2, 0.25) is 0 Å². The van der Waals surface area contributed by atoms with E-state index in [2.05, 4.69) is 14.8 Å². The van der Waals surface area contributed by atoms with E-state index in [1.54, 1.807) is 13.2 Å². The summed E-state index contributed by atoms with van der Waals surface area (Å²) in [5.74, 6) is -0.259. The number of carboxylic acids is 1. The number of methoxy groups -OCH3 is 1. The molecule has 0 atom stereocenters. The molecule has 0 radical (unpaired) electrons. The van der Waals surface area contributed by atoms with Gasteiger partial charge in [-0.2, -0.15) is 0 Å². The van der Waals surface area contributed by atoms with Crippen molar-refractivity contribution in [1.29, 1.82) is 0 Å². The molecule has 0 aliphatic carbocycles. The predicted molar refractivity (Wildman–Crippen MR) is 133 cm³/mol. The number of carbonyl (C=O) groups excluding carboxylic acids is 2. The third-order valence-corrected chi connectivity index (χ3v) is 5.65. The maximum Gasteiger partial charge on any atom is 0.413 e. The van der Waals surface area contributed by atoms with Crippen molar-refractivity contribution in [2.24, 2.45) is 0 Å². The molecular formula is C26H27N3O7. The van der Waals surface area contributed by atoms with Gasteiger partial charge in [0.05, 0.1) is 12.7 Å². The van der Waals surface area contributed by atoms with Crippen LogP contribution in [0.4, 0.5) is 4.79 Å². The molecule has 4 rings (SSSR count). The summed E-state index contributed by atoms with van der Waals surface area (Å²) in [5, 5.41) is 11.7.